The Bertz CT molecular complexity index is 544. The molecule has 0 N–H and O–H groups in total. The van der Waals surface area contributed by atoms with E-state index in [4.69, 9.17) is 21.1 Å². The Morgan fingerprint density at radius 1 is 1.18 bits per heavy atom. The van der Waals surface area contributed by atoms with Crippen molar-refractivity contribution in [1.29, 1.82) is 0 Å². The molecule has 1 aromatic heterocycles. The number of rotatable bonds is 2. The number of halogens is 1. The molecule has 3 rings (SSSR count). The van der Waals surface area contributed by atoms with Gasteiger partial charge in [0.05, 0.1) is 5.88 Å². The quantitative estimate of drug-likeness (QED) is 0.786. The number of hydrogen-bond donors (Lipinski definition) is 0. The molecule has 0 atom stereocenters. The smallest absolute Gasteiger partial charge is 0.162 e. The number of fused-ring (bicyclic) bond motifs is 1. The Kier molecular flexibility index (Phi) is 2.86. The molecule has 88 valence electrons. The van der Waals surface area contributed by atoms with E-state index in [1.165, 1.54) is 11.3 Å². The molecule has 4 nitrogen and oxygen atoms in total. The van der Waals surface area contributed by atoms with Gasteiger partial charge in [0.15, 0.2) is 11.5 Å². The lowest BCUT2D eigenvalue weighted by Crippen LogP contribution is -2.15. The Hall–Kier alpha value is -1.33. The second-order valence-corrected chi connectivity index (χ2v) is 4.82. The van der Waals surface area contributed by atoms with Crippen LogP contribution in [0.4, 0.5) is 0 Å². The van der Waals surface area contributed by atoms with Crippen molar-refractivity contribution in [3.05, 3.63) is 23.2 Å². The summed E-state index contributed by atoms with van der Waals surface area (Å²) in [5, 5.41) is 9.74. The normalized spacial score (nSPS) is 13.7. The molecule has 0 spiro atoms. The van der Waals surface area contributed by atoms with Crippen molar-refractivity contribution in [3.8, 4) is 22.1 Å². The topological polar surface area (TPSA) is 44.2 Å². The maximum atomic E-state index is 5.71. The second-order valence-electron chi connectivity index (χ2n) is 3.49. The van der Waals surface area contributed by atoms with E-state index >= 15 is 0 Å². The largest absolute Gasteiger partial charge is 0.486 e. The zero-order valence-corrected chi connectivity index (χ0v) is 10.4. The van der Waals surface area contributed by atoms with E-state index in [2.05, 4.69) is 10.2 Å². The third kappa shape index (κ3) is 2.08. The van der Waals surface area contributed by atoms with E-state index in [-0.39, 0.29) is 0 Å². The zero-order chi connectivity index (χ0) is 11.7. The summed E-state index contributed by atoms with van der Waals surface area (Å²) in [5.41, 5.74) is 0.975. The van der Waals surface area contributed by atoms with E-state index < -0.39 is 0 Å². The SMILES string of the molecule is ClCc1nnc(-c2ccc3c(c2)OCCO3)s1. The van der Waals surface area contributed by atoms with Crippen LogP contribution in [0.3, 0.4) is 0 Å². The summed E-state index contributed by atoms with van der Waals surface area (Å²) in [4.78, 5) is 0. The summed E-state index contributed by atoms with van der Waals surface area (Å²) in [6, 6.07) is 5.77. The van der Waals surface area contributed by atoms with Crippen molar-refractivity contribution in [2.24, 2.45) is 0 Å². The van der Waals surface area contributed by atoms with Gasteiger partial charge in [-0.2, -0.15) is 0 Å². The summed E-state index contributed by atoms with van der Waals surface area (Å²) < 4.78 is 11.0. The molecular weight excluding hydrogens is 260 g/mol. The van der Waals surface area contributed by atoms with Gasteiger partial charge in [0.2, 0.25) is 0 Å². The van der Waals surface area contributed by atoms with Crippen molar-refractivity contribution < 1.29 is 9.47 Å². The fraction of sp³-hybridized carbons (Fsp3) is 0.273. The molecule has 0 fully saturated rings. The molecule has 17 heavy (non-hydrogen) atoms. The van der Waals surface area contributed by atoms with Gasteiger partial charge >= 0.3 is 0 Å². The van der Waals surface area contributed by atoms with Crippen LogP contribution in [0.15, 0.2) is 18.2 Å². The first-order valence-corrected chi connectivity index (χ1v) is 6.50. The highest BCUT2D eigenvalue weighted by atomic mass is 35.5. The third-order valence-electron chi connectivity index (χ3n) is 2.37. The third-order valence-corrected chi connectivity index (χ3v) is 3.75. The fourth-order valence-corrected chi connectivity index (χ4v) is 2.50. The van der Waals surface area contributed by atoms with Gasteiger partial charge in [-0.05, 0) is 18.2 Å². The van der Waals surface area contributed by atoms with Crippen molar-refractivity contribution in [2.45, 2.75) is 5.88 Å². The minimum absolute atomic E-state index is 0.391. The molecule has 1 aliphatic heterocycles. The minimum Gasteiger partial charge on any atom is -0.486 e. The van der Waals surface area contributed by atoms with E-state index in [9.17, 15) is 0 Å². The number of alkyl halides is 1. The summed E-state index contributed by atoms with van der Waals surface area (Å²) in [7, 11) is 0. The summed E-state index contributed by atoms with van der Waals surface area (Å²) in [6.45, 7) is 1.18. The van der Waals surface area contributed by atoms with Gasteiger partial charge in [-0.15, -0.1) is 21.8 Å². The van der Waals surface area contributed by atoms with Crippen LogP contribution in [0, 0.1) is 0 Å². The molecule has 0 aliphatic carbocycles. The van der Waals surface area contributed by atoms with Crippen LogP contribution in [0.25, 0.3) is 10.6 Å². The van der Waals surface area contributed by atoms with Crippen LogP contribution < -0.4 is 9.47 Å². The van der Waals surface area contributed by atoms with Crippen molar-refractivity contribution >= 4 is 22.9 Å². The van der Waals surface area contributed by atoms with Crippen LogP contribution >= 0.6 is 22.9 Å². The number of nitrogens with zero attached hydrogens (tertiary/aromatic N) is 2. The highest BCUT2D eigenvalue weighted by molar-refractivity contribution is 7.14. The van der Waals surface area contributed by atoms with Gasteiger partial charge in [0.25, 0.3) is 0 Å². The second kappa shape index (κ2) is 4.50. The molecular formula is C11H9ClN2O2S. The standard InChI is InChI=1S/C11H9ClN2O2S/c12-6-10-13-14-11(17-10)7-1-2-8-9(5-7)16-4-3-15-8/h1-2,5H,3-4,6H2. The maximum absolute atomic E-state index is 5.71. The minimum atomic E-state index is 0.391. The Labute approximate surface area is 107 Å². The van der Waals surface area contributed by atoms with Gasteiger partial charge < -0.3 is 9.47 Å². The van der Waals surface area contributed by atoms with Gasteiger partial charge in [-0.1, -0.05) is 11.3 Å². The lowest BCUT2D eigenvalue weighted by atomic mass is 10.2. The molecule has 0 saturated carbocycles. The number of hydrogen-bond acceptors (Lipinski definition) is 5. The summed E-state index contributed by atoms with van der Waals surface area (Å²) in [5.74, 6) is 1.93. The fourth-order valence-electron chi connectivity index (χ4n) is 1.60. The number of ether oxygens (including phenoxy) is 2. The average molecular weight is 269 g/mol. The predicted molar refractivity (Wildman–Crippen MR) is 65.9 cm³/mol. The molecule has 6 heteroatoms. The molecule has 2 aromatic rings. The van der Waals surface area contributed by atoms with Gasteiger partial charge in [0.1, 0.15) is 23.2 Å². The maximum Gasteiger partial charge on any atom is 0.162 e. The van der Waals surface area contributed by atoms with Gasteiger partial charge in [0, 0.05) is 5.56 Å². The highest BCUT2D eigenvalue weighted by Gasteiger charge is 2.14. The lowest BCUT2D eigenvalue weighted by molar-refractivity contribution is 0.171. The van der Waals surface area contributed by atoms with Crippen LogP contribution in [-0.4, -0.2) is 23.4 Å². The summed E-state index contributed by atoms with van der Waals surface area (Å²) in [6.07, 6.45) is 0. The molecule has 0 bridgehead atoms. The zero-order valence-electron chi connectivity index (χ0n) is 8.85. The molecule has 2 heterocycles. The first-order valence-electron chi connectivity index (χ1n) is 5.15. The van der Waals surface area contributed by atoms with Crippen molar-refractivity contribution in [2.75, 3.05) is 13.2 Å². The van der Waals surface area contributed by atoms with E-state index in [1.807, 2.05) is 18.2 Å². The first kappa shape index (κ1) is 10.8. The van der Waals surface area contributed by atoms with E-state index in [1.54, 1.807) is 0 Å². The molecule has 0 saturated heterocycles. The monoisotopic (exact) mass is 268 g/mol. The van der Waals surface area contributed by atoms with Crippen LogP contribution in [0.1, 0.15) is 5.01 Å². The molecule has 1 aliphatic rings. The average Bonchev–Trinajstić information content (AvgIpc) is 2.87. The molecule has 0 radical (unpaired) electrons. The van der Waals surface area contributed by atoms with Crippen LogP contribution in [-0.2, 0) is 5.88 Å². The summed E-state index contributed by atoms with van der Waals surface area (Å²) >= 11 is 7.19. The Balaban J connectivity index is 1.97. The number of aromatic nitrogens is 2. The molecule has 0 unspecified atom stereocenters. The predicted octanol–water partition coefficient (Wildman–Crippen LogP) is 2.72. The van der Waals surface area contributed by atoms with Gasteiger partial charge in [-0.25, -0.2) is 0 Å². The molecule has 0 amide bonds. The van der Waals surface area contributed by atoms with E-state index in [0.717, 1.165) is 27.1 Å². The van der Waals surface area contributed by atoms with Crippen molar-refractivity contribution in [3.63, 3.8) is 0 Å². The first-order chi connectivity index (χ1) is 8.36. The molecule has 1 aromatic carbocycles. The lowest BCUT2D eigenvalue weighted by Gasteiger charge is -2.18. The van der Waals surface area contributed by atoms with Crippen molar-refractivity contribution in [1.82, 2.24) is 10.2 Å². The Morgan fingerprint density at radius 3 is 2.76 bits per heavy atom. The van der Waals surface area contributed by atoms with Gasteiger partial charge in [-0.3, -0.25) is 0 Å². The number of benzene rings is 1. The highest BCUT2D eigenvalue weighted by Crippen LogP contribution is 2.35. The van der Waals surface area contributed by atoms with Crippen LogP contribution in [0.2, 0.25) is 0 Å². The Morgan fingerprint density at radius 2 is 2.00 bits per heavy atom. The van der Waals surface area contributed by atoms with E-state index in [0.29, 0.717) is 19.1 Å². The van der Waals surface area contributed by atoms with Crippen LogP contribution in [0.5, 0.6) is 11.5 Å².